The Balaban J connectivity index is 2.38. The smallest absolute Gasteiger partial charge is 0.241 e. The standard InChI is InChI=1S/C13H15FN2O3S2/c1-8-11(14)5-10(7-17)6-12(8)21(18,19)16-9(2)13-15-3-4-20-13/h3-6,9,16-17H,7H2,1-2H3. The summed E-state index contributed by atoms with van der Waals surface area (Å²) in [5, 5.41) is 11.5. The van der Waals surface area contributed by atoms with E-state index in [4.69, 9.17) is 5.11 Å². The quantitative estimate of drug-likeness (QED) is 0.880. The number of aliphatic hydroxyl groups excluding tert-OH is 1. The molecule has 8 heteroatoms. The Hall–Kier alpha value is -1.35. The zero-order chi connectivity index (χ0) is 15.6. The Morgan fingerprint density at radius 1 is 1.48 bits per heavy atom. The minimum atomic E-state index is -3.91. The molecule has 0 saturated heterocycles. The van der Waals surface area contributed by atoms with Crippen molar-refractivity contribution in [3.05, 3.63) is 45.7 Å². The largest absolute Gasteiger partial charge is 0.392 e. The maximum Gasteiger partial charge on any atom is 0.241 e. The normalized spacial score (nSPS) is 13.3. The van der Waals surface area contributed by atoms with Crippen molar-refractivity contribution in [3.63, 3.8) is 0 Å². The average Bonchev–Trinajstić information content (AvgIpc) is 2.95. The third kappa shape index (κ3) is 3.46. The second-order valence-corrected chi connectivity index (χ2v) is 7.18. The van der Waals surface area contributed by atoms with Gasteiger partial charge in [0, 0.05) is 17.1 Å². The number of aromatic nitrogens is 1. The van der Waals surface area contributed by atoms with Crippen LogP contribution in [0.4, 0.5) is 4.39 Å². The highest BCUT2D eigenvalue weighted by atomic mass is 32.2. The third-order valence-corrected chi connectivity index (χ3v) is 5.61. The summed E-state index contributed by atoms with van der Waals surface area (Å²) in [7, 11) is -3.91. The molecular formula is C13H15FN2O3S2. The molecular weight excluding hydrogens is 315 g/mol. The van der Waals surface area contributed by atoms with E-state index in [1.807, 2.05) is 0 Å². The molecule has 0 fully saturated rings. The summed E-state index contributed by atoms with van der Waals surface area (Å²) < 4.78 is 41.0. The monoisotopic (exact) mass is 330 g/mol. The van der Waals surface area contributed by atoms with Crippen molar-refractivity contribution in [1.82, 2.24) is 9.71 Å². The fourth-order valence-electron chi connectivity index (χ4n) is 1.87. The minimum absolute atomic E-state index is 0.0195. The molecule has 5 nitrogen and oxygen atoms in total. The highest BCUT2D eigenvalue weighted by Gasteiger charge is 2.23. The first-order valence-electron chi connectivity index (χ1n) is 6.16. The number of rotatable bonds is 5. The molecule has 1 heterocycles. The van der Waals surface area contributed by atoms with Crippen molar-refractivity contribution in [1.29, 1.82) is 0 Å². The number of thiazole rings is 1. The lowest BCUT2D eigenvalue weighted by Crippen LogP contribution is -2.27. The molecule has 0 saturated carbocycles. The highest BCUT2D eigenvalue weighted by molar-refractivity contribution is 7.89. The number of benzene rings is 1. The molecule has 1 aromatic carbocycles. The number of hydrogen-bond donors (Lipinski definition) is 2. The molecule has 1 atom stereocenters. The number of aliphatic hydroxyl groups is 1. The molecule has 0 amide bonds. The Morgan fingerprint density at radius 2 is 2.19 bits per heavy atom. The van der Waals surface area contributed by atoms with E-state index in [0.29, 0.717) is 5.01 Å². The van der Waals surface area contributed by atoms with Crippen LogP contribution in [0.25, 0.3) is 0 Å². The van der Waals surface area contributed by atoms with Crippen molar-refractivity contribution in [2.24, 2.45) is 0 Å². The second-order valence-electron chi connectivity index (χ2n) is 4.57. The van der Waals surface area contributed by atoms with Gasteiger partial charge in [-0.2, -0.15) is 0 Å². The Bertz CT molecular complexity index is 730. The molecule has 114 valence electrons. The van der Waals surface area contributed by atoms with Gasteiger partial charge in [0.15, 0.2) is 0 Å². The summed E-state index contributed by atoms with van der Waals surface area (Å²) in [4.78, 5) is 3.87. The molecule has 2 N–H and O–H groups in total. The van der Waals surface area contributed by atoms with Gasteiger partial charge in [0.2, 0.25) is 10.0 Å². The van der Waals surface area contributed by atoms with Gasteiger partial charge in [0.05, 0.1) is 17.5 Å². The number of hydrogen-bond acceptors (Lipinski definition) is 5. The van der Waals surface area contributed by atoms with Crippen molar-refractivity contribution in [2.75, 3.05) is 0 Å². The molecule has 21 heavy (non-hydrogen) atoms. The van der Waals surface area contributed by atoms with E-state index < -0.39 is 28.5 Å². The summed E-state index contributed by atoms with van der Waals surface area (Å²) >= 11 is 1.33. The number of nitrogens with zero attached hydrogens (tertiary/aromatic N) is 1. The number of sulfonamides is 1. The average molecular weight is 330 g/mol. The van der Waals surface area contributed by atoms with E-state index in [2.05, 4.69) is 9.71 Å². The van der Waals surface area contributed by atoms with Gasteiger partial charge in [-0.15, -0.1) is 11.3 Å². The van der Waals surface area contributed by atoms with Gasteiger partial charge in [-0.25, -0.2) is 22.5 Å². The molecule has 0 radical (unpaired) electrons. The van der Waals surface area contributed by atoms with E-state index in [1.165, 1.54) is 24.3 Å². The summed E-state index contributed by atoms with van der Waals surface area (Å²) in [6, 6.07) is 1.88. The van der Waals surface area contributed by atoms with Gasteiger partial charge >= 0.3 is 0 Å². The molecule has 0 aliphatic rings. The summed E-state index contributed by atoms with van der Waals surface area (Å²) in [6.07, 6.45) is 1.59. The van der Waals surface area contributed by atoms with Gasteiger partial charge in [-0.1, -0.05) is 0 Å². The van der Waals surface area contributed by atoms with E-state index in [-0.39, 0.29) is 16.0 Å². The fraction of sp³-hybridized carbons (Fsp3) is 0.308. The van der Waals surface area contributed by atoms with E-state index in [1.54, 1.807) is 18.5 Å². The van der Waals surface area contributed by atoms with Crippen LogP contribution in [-0.4, -0.2) is 18.5 Å². The van der Waals surface area contributed by atoms with Gasteiger partial charge < -0.3 is 5.11 Å². The fourth-order valence-corrected chi connectivity index (χ4v) is 4.10. The summed E-state index contributed by atoms with van der Waals surface area (Å²) in [5.41, 5.74) is 0.228. The van der Waals surface area contributed by atoms with Crippen LogP contribution in [0.15, 0.2) is 28.6 Å². The molecule has 0 aliphatic carbocycles. The summed E-state index contributed by atoms with van der Waals surface area (Å²) in [6.45, 7) is 2.62. The zero-order valence-corrected chi connectivity index (χ0v) is 13.1. The van der Waals surface area contributed by atoms with Crippen LogP contribution < -0.4 is 4.72 Å². The van der Waals surface area contributed by atoms with Crippen LogP contribution >= 0.6 is 11.3 Å². The first-order valence-corrected chi connectivity index (χ1v) is 8.53. The molecule has 2 aromatic rings. The molecule has 1 aromatic heterocycles. The van der Waals surface area contributed by atoms with Gasteiger partial charge in [-0.05, 0) is 31.5 Å². The third-order valence-electron chi connectivity index (χ3n) is 2.98. The van der Waals surface area contributed by atoms with Crippen LogP contribution in [0.5, 0.6) is 0 Å². The van der Waals surface area contributed by atoms with Crippen molar-refractivity contribution in [2.45, 2.75) is 31.4 Å². The lowest BCUT2D eigenvalue weighted by molar-refractivity contribution is 0.281. The molecule has 1 unspecified atom stereocenters. The van der Waals surface area contributed by atoms with Gasteiger partial charge in [-0.3, -0.25) is 0 Å². The lowest BCUT2D eigenvalue weighted by atomic mass is 10.1. The Kier molecular flexibility index (Phi) is 4.72. The Morgan fingerprint density at radius 3 is 2.76 bits per heavy atom. The number of nitrogens with one attached hydrogen (secondary N) is 1. The molecule has 0 spiro atoms. The van der Waals surface area contributed by atoms with Crippen LogP contribution in [0.2, 0.25) is 0 Å². The van der Waals surface area contributed by atoms with Crippen molar-refractivity contribution >= 4 is 21.4 Å². The Labute approximate surface area is 126 Å². The summed E-state index contributed by atoms with van der Waals surface area (Å²) in [5.74, 6) is -0.663. The van der Waals surface area contributed by atoms with E-state index in [0.717, 1.165) is 6.07 Å². The molecule has 0 aliphatic heterocycles. The van der Waals surface area contributed by atoms with Gasteiger partial charge in [0.25, 0.3) is 0 Å². The number of halogens is 1. The van der Waals surface area contributed by atoms with Crippen molar-refractivity contribution < 1.29 is 17.9 Å². The van der Waals surface area contributed by atoms with Crippen LogP contribution in [0.1, 0.15) is 29.1 Å². The van der Waals surface area contributed by atoms with Crippen LogP contribution in [0, 0.1) is 12.7 Å². The molecule has 0 bridgehead atoms. The van der Waals surface area contributed by atoms with E-state index >= 15 is 0 Å². The lowest BCUT2D eigenvalue weighted by Gasteiger charge is -2.15. The minimum Gasteiger partial charge on any atom is -0.392 e. The molecule has 2 rings (SSSR count). The first kappa shape index (κ1) is 16.0. The zero-order valence-electron chi connectivity index (χ0n) is 11.5. The van der Waals surface area contributed by atoms with E-state index in [9.17, 15) is 12.8 Å². The van der Waals surface area contributed by atoms with Crippen LogP contribution in [0.3, 0.4) is 0 Å². The maximum atomic E-state index is 13.8. The predicted molar refractivity (Wildman–Crippen MR) is 77.9 cm³/mol. The highest BCUT2D eigenvalue weighted by Crippen LogP contribution is 2.23. The van der Waals surface area contributed by atoms with Gasteiger partial charge in [0.1, 0.15) is 10.8 Å². The van der Waals surface area contributed by atoms with Crippen molar-refractivity contribution in [3.8, 4) is 0 Å². The maximum absolute atomic E-state index is 13.8. The predicted octanol–water partition coefficient (Wildman–Crippen LogP) is 2.12. The SMILES string of the molecule is Cc1c(F)cc(CO)cc1S(=O)(=O)NC(C)c1nccs1. The van der Waals surface area contributed by atoms with Crippen LogP contribution in [-0.2, 0) is 16.6 Å². The second kappa shape index (κ2) is 6.18. The topological polar surface area (TPSA) is 79.3 Å². The first-order chi connectivity index (χ1) is 9.85.